The first-order chi connectivity index (χ1) is 11.0. The van der Waals surface area contributed by atoms with Crippen LogP contribution in [0.4, 0.5) is 0 Å². The van der Waals surface area contributed by atoms with Gasteiger partial charge in [0.05, 0.1) is 24.1 Å². The minimum atomic E-state index is -1.16. The highest BCUT2D eigenvalue weighted by atomic mass is 32.1. The smallest absolute Gasteiger partial charge is 0.337 e. The van der Waals surface area contributed by atoms with E-state index in [0.29, 0.717) is 10.7 Å². The third-order valence-electron chi connectivity index (χ3n) is 3.52. The largest absolute Gasteiger partial charge is 0.478 e. The van der Waals surface area contributed by atoms with E-state index >= 15 is 0 Å². The van der Waals surface area contributed by atoms with E-state index in [1.165, 1.54) is 9.95 Å². The molecule has 0 amide bonds. The number of aliphatic hydroxyl groups is 1. The molecule has 0 fully saturated rings. The lowest BCUT2D eigenvalue weighted by Crippen LogP contribution is -2.25. The molecule has 0 atom stereocenters. The first kappa shape index (κ1) is 15.4. The number of carbonyl (C=O) groups is 1. The number of aliphatic hydroxyl groups excluding tert-OH is 1. The third kappa shape index (κ3) is 2.64. The number of nitrogens with zero attached hydrogens (tertiary/aromatic N) is 2. The van der Waals surface area contributed by atoms with Gasteiger partial charge in [-0.05, 0) is 13.0 Å². The Kier molecular flexibility index (Phi) is 3.97. The molecule has 3 rings (SSSR count). The number of aromatic nitrogens is 2. The summed E-state index contributed by atoms with van der Waals surface area (Å²) in [6, 6.07) is 7.53. The van der Waals surface area contributed by atoms with Crippen LogP contribution in [0, 0.1) is 6.92 Å². The molecule has 0 aliphatic heterocycles. The quantitative estimate of drug-likeness (QED) is 0.764. The van der Waals surface area contributed by atoms with Crippen LogP contribution in [0.5, 0.6) is 0 Å². The molecule has 118 valence electrons. The van der Waals surface area contributed by atoms with Gasteiger partial charge < -0.3 is 10.2 Å². The highest BCUT2D eigenvalue weighted by Gasteiger charge is 2.20. The second kappa shape index (κ2) is 5.94. The monoisotopic (exact) mass is 330 g/mol. The van der Waals surface area contributed by atoms with Crippen LogP contribution < -0.4 is 5.56 Å². The first-order valence-electron chi connectivity index (χ1n) is 6.96. The van der Waals surface area contributed by atoms with Gasteiger partial charge in [0.2, 0.25) is 0 Å². The fraction of sp³-hybridized carbons (Fsp3) is 0.188. The predicted molar refractivity (Wildman–Crippen MR) is 88.1 cm³/mol. The fourth-order valence-corrected chi connectivity index (χ4v) is 3.40. The van der Waals surface area contributed by atoms with E-state index in [9.17, 15) is 19.8 Å². The zero-order valence-corrected chi connectivity index (χ0v) is 13.1. The number of benzene rings is 1. The van der Waals surface area contributed by atoms with Crippen LogP contribution in [0.3, 0.4) is 0 Å². The van der Waals surface area contributed by atoms with Gasteiger partial charge >= 0.3 is 5.97 Å². The second-order valence-electron chi connectivity index (χ2n) is 5.12. The van der Waals surface area contributed by atoms with Gasteiger partial charge in [-0.15, -0.1) is 11.3 Å². The van der Waals surface area contributed by atoms with Crippen molar-refractivity contribution in [1.29, 1.82) is 0 Å². The Morgan fingerprint density at radius 1 is 1.39 bits per heavy atom. The van der Waals surface area contributed by atoms with Crippen LogP contribution in [0.15, 0.2) is 34.4 Å². The summed E-state index contributed by atoms with van der Waals surface area (Å²) in [6.07, 6.45) is 0. The Morgan fingerprint density at radius 2 is 2.17 bits per heavy atom. The van der Waals surface area contributed by atoms with Crippen molar-refractivity contribution in [2.75, 3.05) is 6.61 Å². The van der Waals surface area contributed by atoms with Crippen molar-refractivity contribution in [3.8, 4) is 11.4 Å². The molecule has 0 aliphatic rings. The Morgan fingerprint density at radius 3 is 2.83 bits per heavy atom. The third-order valence-corrected chi connectivity index (χ3v) is 4.40. The Bertz CT molecular complexity index is 958. The molecule has 0 aliphatic carbocycles. The van der Waals surface area contributed by atoms with E-state index in [-0.39, 0.29) is 24.1 Å². The van der Waals surface area contributed by atoms with Gasteiger partial charge in [0, 0.05) is 10.9 Å². The standard InChI is InChI=1S/C16H14N2O4S/c1-9-3-2-4-10(7-9)13-17-14-12(11(8-23-14)16(21)22)15(20)18(13)5-6-19/h2-4,7-8,19H,5-6H2,1H3,(H,21,22). The average Bonchev–Trinajstić information content (AvgIpc) is 2.94. The number of carboxylic acids is 1. The summed E-state index contributed by atoms with van der Waals surface area (Å²) in [4.78, 5) is 28.9. The molecule has 2 aromatic heterocycles. The van der Waals surface area contributed by atoms with Crippen molar-refractivity contribution in [1.82, 2.24) is 9.55 Å². The minimum absolute atomic E-state index is 0.0509. The zero-order valence-electron chi connectivity index (χ0n) is 12.3. The van der Waals surface area contributed by atoms with Crippen LogP contribution in [-0.2, 0) is 6.54 Å². The highest BCUT2D eigenvalue weighted by Crippen LogP contribution is 2.25. The molecule has 0 saturated heterocycles. The van der Waals surface area contributed by atoms with E-state index in [0.717, 1.165) is 22.5 Å². The summed E-state index contributed by atoms with van der Waals surface area (Å²) in [5.74, 6) is -0.729. The van der Waals surface area contributed by atoms with Gasteiger partial charge in [0.15, 0.2) is 0 Å². The fourth-order valence-electron chi connectivity index (χ4n) is 2.49. The van der Waals surface area contributed by atoms with Crippen LogP contribution in [0.1, 0.15) is 15.9 Å². The summed E-state index contributed by atoms with van der Waals surface area (Å²) < 4.78 is 1.33. The van der Waals surface area contributed by atoms with Gasteiger partial charge in [-0.2, -0.15) is 0 Å². The number of hydrogen-bond donors (Lipinski definition) is 2. The SMILES string of the molecule is Cc1cccc(-c2nc3scc(C(=O)O)c3c(=O)n2CCO)c1. The van der Waals surface area contributed by atoms with Gasteiger partial charge in [-0.3, -0.25) is 9.36 Å². The van der Waals surface area contributed by atoms with E-state index in [1.54, 1.807) is 0 Å². The Labute approximate surface area is 135 Å². The molecule has 0 saturated carbocycles. The first-order valence-corrected chi connectivity index (χ1v) is 7.84. The topological polar surface area (TPSA) is 92.4 Å². The molecule has 0 spiro atoms. The van der Waals surface area contributed by atoms with Gasteiger partial charge in [-0.1, -0.05) is 23.8 Å². The Hall–Kier alpha value is -2.51. The maximum atomic E-state index is 12.7. The number of hydrogen-bond acceptors (Lipinski definition) is 5. The molecule has 2 N–H and O–H groups in total. The van der Waals surface area contributed by atoms with Crippen LogP contribution in [0.25, 0.3) is 21.6 Å². The lowest BCUT2D eigenvalue weighted by Gasteiger charge is -2.12. The van der Waals surface area contributed by atoms with Crippen molar-refractivity contribution in [2.24, 2.45) is 0 Å². The summed E-state index contributed by atoms with van der Waals surface area (Å²) in [6.45, 7) is 1.75. The molecular formula is C16H14N2O4S. The van der Waals surface area contributed by atoms with Gasteiger partial charge in [-0.25, -0.2) is 9.78 Å². The maximum Gasteiger partial charge on any atom is 0.337 e. The van der Waals surface area contributed by atoms with Gasteiger partial charge in [0.1, 0.15) is 10.7 Å². The summed E-state index contributed by atoms with van der Waals surface area (Å²) >= 11 is 1.13. The highest BCUT2D eigenvalue weighted by molar-refractivity contribution is 7.17. The molecule has 0 radical (unpaired) electrons. The van der Waals surface area contributed by atoms with Gasteiger partial charge in [0.25, 0.3) is 5.56 Å². The van der Waals surface area contributed by atoms with Crippen LogP contribution in [-0.4, -0.2) is 32.3 Å². The molecule has 0 bridgehead atoms. The molecule has 6 nitrogen and oxygen atoms in total. The van der Waals surface area contributed by atoms with E-state index in [1.807, 2.05) is 31.2 Å². The van der Waals surface area contributed by atoms with E-state index < -0.39 is 11.5 Å². The second-order valence-corrected chi connectivity index (χ2v) is 5.98. The molecule has 2 heterocycles. The van der Waals surface area contributed by atoms with E-state index in [2.05, 4.69) is 4.98 Å². The maximum absolute atomic E-state index is 12.7. The summed E-state index contributed by atoms with van der Waals surface area (Å²) in [7, 11) is 0. The molecule has 1 aromatic carbocycles. The van der Waals surface area contributed by atoms with Crippen molar-refractivity contribution >= 4 is 27.5 Å². The van der Waals surface area contributed by atoms with Crippen molar-refractivity contribution in [2.45, 2.75) is 13.5 Å². The predicted octanol–water partition coefficient (Wildman–Crippen LogP) is 2.12. The van der Waals surface area contributed by atoms with Crippen molar-refractivity contribution in [3.63, 3.8) is 0 Å². The molecule has 23 heavy (non-hydrogen) atoms. The number of aromatic carboxylic acids is 1. The molecule has 3 aromatic rings. The number of rotatable bonds is 4. The van der Waals surface area contributed by atoms with Crippen molar-refractivity contribution < 1.29 is 15.0 Å². The number of aryl methyl sites for hydroxylation is 1. The lowest BCUT2D eigenvalue weighted by molar-refractivity contribution is 0.0699. The summed E-state index contributed by atoms with van der Waals surface area (Å²) in [5, 5.41) is 20.0. The zero-order chi connectivity index (χ0) is 16.6. The normalized spacial score (nSPS) is 11.0. The number of thiophene rings is 1. The van der Waals surface area contributed by atoms with E-state index in [4.69, 9.17) is 0 Å². The molecule has 7 heteroatoms. The number of carboxylic acid groups (broad SMARTS) is 1. The summed E-state index contributed by atoms with van der Waals surface area (Å²) in [5.41, 5.74) is 1.27. The number of fused-ring (bicyclic) bond motifs is 1. The van der Waals surface area contributed by atoms with Crippen molar-refractivity contribution in [3.05, 3.63) is 51.1 Å². The molecular weight excluding hydrogens is 316 g/mol. The minimum Gasteiger partial charge on any atom is -0.478 e. The van der Waals surface area contributed by atoms with Crippen LogP contribution in [0.2, 0.25) is 0 Å². The average molecular weight is 330 g/mol. The Balaban J connectivity index is 2.36. The molecule has 0 unspecified atom stereocenters. The lowest BCUT2D eigenvalue weighted by atomic mass is 10.1. The van der Waals surface area contributed by atoms with Crippen LogP contribution >= 0.6 is 11.3 Å².